The van der Waals surface area contributed by atoms with Gasteiger partial charge < -0.3 is 14.6 Å². The number of benzene rings is 1. The van der Waals surface area contributed by atoms with Crippen LogP contribution in [0.3, 0.4) is 0 Å². The lowest BCUT2D eigenvalue weighted by atomic mass is 9.97. The summed E-state index contributed by atoms with van der Waals surface area (Å²) >= 11 is 0. The van der Waals surface area contributed by atoms with Gasteiger partial charge in [-0.05, 0) is 58.2 Å². The fraction of sp³-hybridized carbons (Fsp3) is 0.524. The van der Waals surface area contributed by atoms with Crippen molar-refractivity contribution in [3.8, 4) is 0 Å². The summed E-state index contributed by atoms with van der Waals surface area (Å²) in [5.74, 6) is -0.0447. The number of aryl methyl sites for hydroxylation is 2. The summed E-state index contributed by atoms with van der Waals surface area (Å²) < 4.78 is 37.9. The Morgan fingerprint density at radius 2 is 2.00 bits per heavy atom. The van der Waals surface area contributed by atoms with Gasteiger partial charge in [0, 0.05) is 24.7 Å². The highest BCUT2D eigenvalue weighted by molar-refractivity contribution is 7.89. The zero-order valence-corrected chi connectivity index (χ0v) is 18.7. The third kappa shape index (κ3) is 5.08. The van der Waals surface area contributed by atoms with Crippen molar-refractivity contribution in [2.24, 2.45) is 5.92 Å². The highest BCUT2D eigenvalue weighted by Gasteiger charge is 2.35. The minimum absolute atomic E-state index is 0.0914. The molecule has 1 amide bonds. The lowest BCUT2D eigenvalue weighted by Crippen LogP contribution is -2.41. The van der Waals surface area contributed by atoms with Crippen molar-refractivity contribution >= 4 is 21.6 Å². The topological polar surface area (TPSA) is 102 Å². The average Bonchev–Trinajstić information content (AvgIpc) is 3.05. The predicted octanol–water partition coefficient (Wildman–Crippen LogP) is 3.26. The lowest BCUT2D eigenvalue weighted by Gasteiger charge is -2.30. The summed E-state index contributed by atoms with van der Waals surface area (Å²) in [5, 5.41) is 6.69. The summed E-state index contributed by atoms with van der Waals surface area (Å²) in [7, 11) is -3.68. The fourth-order valence-electron chi connectivity index (χ4n) is 3.58. The highest BCUT2D eigenvalue weighted by Crippen LogP contribution is 2.28. The van der Waals surface area contributed by atoms with Crippen molar-refractivity contribution in [1.29, 1.82) is 0 Å². The number of ether oxygens (including phenoxy) is 1. The van der Waals surface area contributed by atoms with Crippen LogP contribution in [0.2, 0.25) is 0 Å². The van der Waals surface area contributed by atoms with E-state index in [1.165, 1.54) is 4.31 Å². The first-order valence-electron chi connectivity index (χ1n) is 10.1. The molecule has 30 heavy (non-hydrogen) atoms. The van der Waals surface area contributed by atoms with Crippen LogP contribution in [0.5, 0.6) is 0 Å². The van der Waals surface area contributed by atoms with E-state index in [1.54, 1.807) is 13.8 Å². The molecule has 2 aromatic rings. The molecule has 164 valence electrons. The van der Waals surface area contributed by atoms with Crippen LogP contribution in [0, 0.1) is 19.8 Å². The maximum absolute atomic E-state index is 12.9. The van der Waals surface area contributed by atoms with Gasteiger partial charge in [0.15, 0.2) is 5.76 Å². The molecule has 1 saturated heterocycles. The largest absolute Gasteiger partial charge is 0.374 e. The van der Waals surface area contributed by atoms with Gasteiger partial charge in [-0.2, -0.15) is 4.31 Å². The molecule has 1 fully saturated rings. The van der Waals surface area contributed by atoms with Gasteiger partial charge in [0.25, 0.3) is 0 Å². The molecule has 1 aliphatic heterocycles. The van der Waals surface area contributed by atoms with E-state index in [2.05, 4.69) is 10.5 Å². The Morgan fingerprint density at radius 1 is 1.30 bits per heavy atom. The van der Waals surface area contributed by atoms with Crippen molar-refractivity contribution in [2.75, 3.05) is 18.4 Å². The van der Waals surface area contributed by atoms with E-state index in [1.807, 2.05) is 38.1 Å². The minimum Gasteiger partial charge on any atom is -0.374 e. The van der Waals surface area contributed by atoms with Crippen molar-refractivity contribution in [1.82, 2.24) is 9.46 Å². The molecule has 1 aromatic heterocycles. The van der Waals surface area contributed by atoms with Crippen molar-refractivity contribution in [3.63, 3.8) is 0 Å². The molecule has 0 unspecified atom stereocenters. The summed E-state index contributed by atoms with van der Waals surface area (Å²) in [6.45, 7) is 8.21. The Balaban J connectivity index is 1.59. The highest BCUT2D eigenvalue weighted by atomic mass is 32.2. The molecule has 8 nitrogen and oxygen atoms in total. The van der Waals surface area contributed by atoms with Crippen LogP contribution in [0.25, 0.3) is 0 Å². The molecular weight excluding hydrogens is 406 g/mol. The molecule has 1 N–H and O–H groups in total. The molecule has 3 rings (SSSR count). The van der Waals surface area contributed by atoms with Crippen LogP contribution < -0.4 is 5.32 Å². The van der Waals surface area contributed by atoms with Crippen LogP contribution in [0.15, 0.2) is 33.7 Å². The van der Waals surface area contributed by atoms with Crippen molar-refractivity contribution in [2.45, 2.75) is 58.1 Å². The number of rotatable bonds is 7. The van der Waals surface area contributed by atoms with E-state index in [-0.39, 0.29) is 41.7 Å². The summed E-state index contributed by atoms with van der Waals surface area (Å²) in [6.07, 6.45) is 1.06. The second kappa shape index (κ2) is 9.28. The second-order valence-corrected chi connectivity index (χ2v) is 9.76. The van der Waals surface area contributed by atoms with Crippen molar-refractivity contribution in [3.05, 3.63) is 41.3 Å². The van der Waals surface area contributed by atoms with Gasteiger partial charge in [0.2, 0.25) is 15.9 Å². The van der Waals surface area contributed by atoms with E-state index < -0.39 is 10.0 Å². The molecular formula is C21H29N3O5S. The van der Waals surface area contributed by atoms with Gasteiger partial charge >= 0.3 is 0 Å². The number of hydrogen-bond donors (Lipinski definition) is 1. The zero-order valence-electron chi connectivity index (χ0n) is 17.8. The number of carbonyl (C=O) groups excluding carboxylic acids is 1. The molecule has 9 heteroatoms. The normalized spacial score (nSPS) is 16.2. The van der Waals surface area contributed by atoms with E-state index in [0.717, 1.165) is 11.3 Å². The van der Waals surface area contributed by atoms with Crippen LogP contribution in [-0.2, 0) is 26.2 Å². The van der Waals surface area contributed by atoms with Crippen LogP contribution in [-0.4, -0.2) is 43.0 Å². The molecule has 1 aliphatic rings. The maximum Gasteiger partial charge on any atom is 0.248 e. The van der Waals surface area contributed by atoms with Gasteiger partial charge in [-0.3, -0.25) is 4.79 Å². The molecule has 0 atom stereocenters. The number of nitrogens with one attached hydrogen (secondary N) is 1. The first-order chi connectivity index (χ1) is 14.2. The van der Waals surface area contributed by atoms with Gasteiger partial charge in [0.1, 0.15) is 10.6 Å². The minimum atomic E-state index is -3.68. The maximum atomic E-state index is 12.9. The third-order valence-corrected chi connectivity index (χ3v) is 7.31. The number of hydrogen-bond acceptors (Lipinski definition) is 6. The van der Waals surface area contributed by atoms with Gasteiger partial charge in [-0.25, -0.2) is 8.42 Å². The molecule has 0 saturated carbocycles. The SMILES string of the molecule is Cc1noc(C)c1S(=O)(=O)N1CCC(C(=O)Nc2cccc(COC(C)C)c2)CC1. The van der Waals surface area contributed by atoms with Gasteiger partial charge in [0.05, 0.1) is 12.7 Å². The fourth-order valence-corrected chi connectivity index (χ4v) is 5.34. The first kappa shape index (κ1) is 22.5. The molecule has 0 spiro atoms. The Kier molecular flexibility index (Phi) is 6.95. The third-order valence-electron chi connectivity index (χ3n) is 5.17. The van der Waals surface area contributed by atoms with Crippen molar-refractivity contribution < 1.29 is 22.5 Å². The van der Waals surface area contributed by atoms with E-state index in [0.29, 0.717) is 25.1 Å². The van der Waals surface area contributed by atoms with E-state index in [4.69, 9.17) is 9.26 Å². The Bertz CT molecular complexity index is 972. The lowest BCUT2D eigenvalue weighted by molar-refractivity contribution is -0.120. The number of aromatic nitrogens is 1. The number of piperidine rings is 1. The Hall–Kier alpha value is -2.23. The first-order valence-corrected chi connectivity index (χ1v) is 11.6. The predicted molar refractivity (Wildman–Crippen MR) is 112 cm³/mol. The van der Waals surface area contributed by atoms with E-state index >= 15 is 0 Å². The number of amides is 1. The quantitative estimate of drug-likeness (QED) is 0.716. The second-order valence-electron chi connectivity index (χ2n) is 7.88. The van der Waals surface area contributed by atoms with Gasteiger partial charge in [-0.15, -0.1) is 0 Å². The summed E-state index contributed by atoms with van der Waals surface area (Å²) in [4.78, 5) is 12.8. The molecule has 0 radical (unpaired) electrons. The molecule has 2 heterocycles. The summed E-state index contributed by atoms with van der Waals surface area (Å²) in [6, 6.07) is 7.58. The van der Waals surface area contributed by atoms with Crippen LogP contribution >= 0.6 is 0 Å². The zero-order chi connectivity index (χ0) is 21.9. The Labute approximate surface area is 177 Å². The number of anilines is 1. The average molecular weight is 436 g/mol. The standard InChI is InChI=1S/C21H29N3O5S/c1-14(2)28-13-17-6-5-7-19(12-17)22-21(25)18-8-10-24(11-9-18)30(26,27)20-15(3)23-29-16(20)4/h5-7,12,14,18H,8-11,13H2,1-4H3,(H,22,25). The number of carbonyl (C=O) groups is 1. The number of nitrogens with zero attached hydrogens (tertiary/aromatic N) is 2. The number of sulfonamides is 1. The smallest absolute Gasteiger partial charge is 0.248 e. The van der Waals surface area contributed by atoms with Crippen LogP contribution in [0.4, 0.5) is 5.69 Å². The summed E-state index contributed by atoms with van der Waals surface area (Å²) in [5.41, 5.74) is 2.06. The molecule has 0 aliphatic carbocycles. The Morgan fingerprint density at radius 3 is 2.60 bits per heavy atom. The van der Waals surface area contributed by atoms with Gasteiger partial charge in [-0.1, -0.05) is 17.3 Å². The van der Waals surface area contributed by atoms with E-state index in [9.17, 15) is 13.2 Å². The van der Waals surface area contributed by atoms with Crippen LogP contribution in [0.1, 0.15) is 43.7 Å². The molecule has 1 aromatic carbocycles. The monoisotopic (exact) mass is 435 g/mol. The molecule has 0 bridgehead atoms.